The van der Waals surface area contributed by atoms with Crippen LogP contribution < -0.4 is 10.0 Å². The molecule has 1 rings (SSSR count). The Kier molecular flexibility index (Phi) is 9.10. The maximum atomic E-state index is 13.1. The molecule has 1 atom stereocenters. The fourth-order valence-corrected chi connectivity index (χ4v) is 3.35. The Balaban J connectivity index is 2.66. The molecule has 0 aromatic rings. The van der Waals surface area contributed by atoms with Crippen LogP contribution in [0.5, 0.6) is 0 Å². The molecule has 1 aliphatic rings. The molecular weight excluding hydrogens is 405 g/mol. The Labute approximate surface area is 170 Å². The third-order valence-corrected chi connectivity index (χ3v) is 6.11. The summed E-state index contributed by atoms with van der Waals surface area (Å²) in [5.74, 6) is -0.451. The van der Waals surface area contributed by atoms with Gasteiger partial charge in [0.15, 0.2) is 0 Å². The van der Waals surface area contributed by atoms with Crippen LogP contribution in [0.2, 0.25) is 0 Å². The highest BCUT2D eigenvalue weighted by atomic mass is 32.2. The molecule has 0 saturated carbocycles. The van der Waals surface area contributed by atoms with E-state index in [0.29, 0.717) is 12.0 Å². The van der Waals surface area contributed by atoms with E-state index in [1.165, 1.54) is 18.2 Å². The van der Waals surface area contributed by atoms with Crippen LogP contribution in [-0.2, 0) is 14.8 Å². The molecule has 0 radical (unpaired) electrons. The van der Waals surface area contributed by atoms with Crippen molar-refractivity contribution >= 4 is 15.9 Å². The van der Waals surface area contributed by atoms with Gasteiger partial charge in [0.2, 0.25) is 10.0 Å². The van der Waals surface area contributed by atoms with Crippen molar-refractivity contribution in [1.82, 2.24) is 10.0 Å². The number of carbonyl (C=O) groups excluding carboxylic acids is 1. The van der Waals surface area contributed by atoms with Crippen LogP contribution in [0.4, 0.5) is 13.2 Å². The number of halogens is 3. The highest BCUT2D eigenvalue weighted by Gasteiger charge is 2.33. The molecule has 0 aliphatic heterocycles. The fraction of sp³-hybridized carbons (Fsp3) is 0.450. The number of hydrogen-bond acceptors (Lipinski definition) is 3. The molecule has 0 aromatic carbocycles. The second-order valence-corrected chi connectivity index (χ2v) is 8.95. The van der Waals surface area contributed by atoms with Gasteiger partial charge in [-0.2, -0.15) is 13.2 Å². The van der Waals surface area contributed by atoms with Gasteiger partial charge in [0.25, 0.3) is 5.91 Å². The minimum Gasteiger partial charge on any atom is -0.349 e. The summed E-state index contributed by atoms with van der Waals surface area (Å²) in [6.07, 6.45) is 3.97. The van der Waals surface area contributed by atoms with Gasteiger partial charge in [-0.05, 0) is 32.3 Å². The number of amides is 1. The van der Waals surface area contributed by atoms with E-state index in [1.54, 1.807) is 32.9 Å². The first-order valence-corrected chi connectivity index (χ1v) is 10.7. The van der Waals surface area contributed by atoms with Gasteiger partial charge in [0.1, 0.15) is 0 Å². The molecule has 0 saturated heterocycles. The zero-order valence-corrected chi connectivity index (χ0v) is 17.5. The summed E-state index contributed by atoms with van der Waals surface area (Å²) in [7, 11) is -3.43. The molecule has 1 amide bonds. The summed E-state index contributed by atoms with van der Waals surface area (Å²) >= 11 is 0. The number of carbonyl (C=O) groups is 1. The molecule has 0 bridgehead atoms. The van der Waals surface area contributed by atoms with Crippen LogP contribution in [0.3, 0.4) is 0 Å². The summed E-state index contributed by atoms with van der Waals surface area (Å²) in [5.41, 5.74) is -0.389. The van der Waals surface area contributed by atoms with Crippen molar-refractivity contribution < 1.29 is 26.4 Å². The molecule has 0 fully saturated rings. The molecule has 5 nitrogen and oxygen atoms in total. The second kappa shape index (κ2) is 10.6. The molecule has 29 heavy (non-hydrogen) atoms. The minimum atomic E-state index is -4.51. The first kappa shape index (κ1) is 24.9. The van der Waals surface area contributed by atoms with Crippen molar-refractivity contribution in [3.05, 3.63) is 59.8 Å². The zero-order valence-electron chi connectivity index (χ0n) is 16.7. The van der Waals surface area contributed by atoms with Crippen molar-refractivity contribution in [2.45, 2.75) is 51.1 Å². The minimum absolute atomic E-state index is 0.0768. The van der Waals surface area contributed by atoms with Gasteiger partial charge in [-0.25, -0.2) is 13.1 Å². The maximum Gasteiger partial charge on any atom is 0.416 e. The van der Waals surface area contributed by atoms with Crippen molar-refractivity contribution in [2.75, 3.05) is 6.54 Å². The summed E-state index contributed by atoms with van der Waals surface area (Å²) in [4.78, 5) is 12.1. The molecule has 0 spiro atoms. The monoisotopic (exact) mass is 432 g/mol. The van der Waals surface area contributed by atoms with Gasteiger partial charge in [-0.3, -0.25) is 4.79 Å². The molecule has 1 unspecified atom stereocenters. The standard InChI is InChI=1S/C20H27F3N2O3S/c1-5-15(6-2)18(20(21,22)23)8-7-13-24-19(26)16-9-11-17(12-10-16)25-29(27,28)14(3)4/h5,7-11,14,17,25H,1,6,12-13H2,2-4H3,(H,24,26)/b8-7-,18-15-. The average Bonchev–Trinajstić information content (AvgIpc) is 2.63. The lowest BCUT2D eigenvalue weighted by atomic mass is 10.0. The molecule has 0 aromatic heterocycles. The summed E-state index contributed by atoms with van der Waals surface area (Å²) < 4.78 is 65.6. The number of alkyl halides is 3. The van der Waals surface area contributed by atoms with Gasteiger partial charge in [-0.1, -0.05) is 50.0 Å². The summed E-state index contributed by atoms with van der Waals surface area (Å²) in [6, 6.07) is -0.440. The van der Waals surface area contributed by atoms with Gasteiger partial charge in [0.05, 0.1) is 10.8 Å². The first-order valence-electron chi connectivity index (χ1n) is 9.19. The van der Waals surface area contributed by atoms with Crippen LogP contribution in [-0.4, -0.2) is 38.3 Å². The van der Waals surface area contributed by atoms with E-state index in [9.17, 15) is 26.4 Å². The normalized spacial score (nSPS) is 18.6. The highest BCUT2D eigenvalue weighted by molar-refractivity contribution is 7.90. The lowest BCUT2D eigenvalue weighted by molar-refractivity contribution is -0.117. The van der Waals surface area contributed by atoms with E-state index in [2.05, 4.69) is 16.6 Å². The fourth-order valence-electron chi connectivity index (χ4n) is 2.48. The Morgan fingerprint density at radius 1 is 1.38 bits per heavy atom. The number of nitrogens with one attached hydrogen (secondary N) is 2. The van der Waals surface area contributed by atoms with Crippen LogP contribution in [0.25, 0.3) is 0 Å². The first-order chi connectivity index (χ1) is 13.4. The number of allylic oxidation sites excluding steroid dienone is 4. The Hall–Kier alpha value is -2.13. The Morgan fingerprint density at radius 3 is 2.48 bits per heavy atom. The Morgan fingerprint density at radius 2 is 2.03 bits per heavy atom. The predicted molar refractivity (Wildman–Crippen MR) is 109 cm³/mol. The molecule has 2 N–H and O–H groups in total. The number of hydrogen-bond donors (Lipinski definition) is 2. The van der Waals surface area contributed by atoms with Crippen molar-refractivity contribution in [1.29, 1.82) is 0 Å². The van der Waals surface area contributed by atoms with Gasteiger partial charge < -0.3 is 5.32 Å². The Bertz CT molecular complexity index is 836. The lowest BCUT2D eigenvalue weighted by Crippen LogP contribution is -2.38. The van der Waals surface area contributed by atoms with E-state index >= 15 is 0 Å². The molecule has 162 valence electrons. The molecule has 0 heterocycles. The summed E-state index contributed by atoms with van der Waals surface area (Å²) in [6.45, 7) is 8.06. The van der Waals surface area contributed by atoms with Crippen LogP contribution in [0.1, 0.15) is 33.6 Å². The lowest BCUT2D eigenvalue weighted by Gasteiger charge is -2.19. The topological polar surface area (TPSA) is 75.3 Å². The predicted octanol–water partition coefficient (Wildman–Crippen LogP) is 3.70. The van der Waals surface area contributed by atoms with Crippen LogP contribution in [0.15, 0.2) is 59.8 Å². The van der Waals surface area contributed by atoms with Crippen molar-refractivity contribution in [3.63, 3.8) is 0 Å². The largest absolute Gasteiger partial charge is 0.416 e. The van der Waals surface area contributed by atoms with E-state index in [-0.39, 0.29) is 18.5 Å². The maximum absolute atomic E-state index is 13.1. The zero-order chi connectivity index (χ0) is 22.2. The van der Waals surface area contributed by atoms with Crippen LogP contribution >= 0.6 is 0 Å². The summed E-state index contributed by atoms with van der Waals surface area (Å²) in [5, 5.41) is 1.95. The van der Waals surface area contributed by atoms with E-state index in [0.717, 1.165) is 6.08 Å². The number of sulfonamides is 1. The molecule has 1 aliphatic carbocycles. The second-order valence-electron chi connectivity index (χ2n) is 6.68. The van der Waals surface area contributed by atoms with E-state index in [1.807, 2.05) is 0 Å². The molecular formula is C20H27F3N2O3S. The number of rotatable bonds is 9. The smallest absolute Gasteiger partial charge is 0.349 e. The van der Waals surface area contributed by atoms with E-state index < -0.39 is 39.0 Å². The van der Waals surface area contributed by atoms with Gasteiger partial charge in [-0.15, -0.1) is 0 Å². The third kappa shape index (κ3) is 7.66. The quantitative estimate of drug-likeness (QED) is 0.546. The van der Waals surface area contributed by atoms with Crippen LogP contribution in [0, 0.1) is 0 Å². The third-order valence-electron chi connectivity index (χ3n) is 4.24. The van der Waals surface area contributed by atoms with Crippen molar-refractivity contribution in [3.8, 4) is 0 Å². The molecule has 9 heteroatoms. The van der Waals surface area contributed by atoms with Crippen molar-refractivity contribution in [2.24, 2.45) is 0 Å². The van der Waals surface area contributed by atoms with Gasteiger partial charge in [0, 0.05) is 18.2 Å². The average molecular weight is 433 g/mol. The SMILES string of the molecule is C=C/C(CC)=C(\C=C/CNC(=O)C1=CCC(NS(=O)(=O)C(C)C)C=C1)C(F)(F)F. The van der Waals surface area contributed by atoms with E-state index in [4.69, 9.17) is 0 Å². The van der Waals surface area contributed by atoms with Gasteiger partial charge >= 0.3 is 6.18 Å². The highest BCUT2D eigenvalue weighted by Crippen LogP contribution is 2.30.